The zero-order valence-electron chi connectivity index (χ0n) is 9.89. The van der Waals surface area contributed by atoms with Crippen LogP contribution in [0.15, 0.2) is 6.33 Å². The first-order chi connectivity index (χ1) is 7.83. The van der Waals surface area contributed by atoms with Gasteiger partial charge < -0.3 is 5.32 Å². The summed E-state index contributed by atoms with van der Waals surface area (Å²) in [6, 6.07) is 0. The number of hydrogen-bond donors (Lipinski definition) is 1. The molecule has 1 N–H and O–H groups in total. The van der Waals surface area contributed by atoms with E-state index in [1.165, 1.54) is 25.7 Å². The highest BCUT2D eigenvalue weighted by molar-refractivity contribution is 4.91. The molecule has 2 fully saturated rings. The Labute approximate surface area is 96.4 Å². The van der Waals surface area contributed by atoms with E-state index in [0.29, 0.717) is 0 Å². The van der Waals surface area contributed by atoms with E-state index in [9.17, 15) is 0 Å². The van der Waals surface area contributed by atoms with Crippen LogP contribution in [0.5, 0.6) is 0 Å². The molecule has 4 heteroatoms. The van der Waals surface area contributed by atoms with Crippen LogP contribution in [0.1, 0.15) is 31.5 Å². The van der Waals surface area contributed by atoms with Crippen molar-refractivity contribution in [2.24, 2.45) is 24.8 Å². The molecule has 1 heterocycles. The first-order valence-electron chi connectivity index (χ1n) is 6.36. The summed E-state index contributed by atoms with van der Waals surface area (Å²) >= 11 is 0. The Kier molecular flexibility index (Phi) is 2.67. The first-order valence-corrected chi connectivity index (χ1v) is 6.36. The number of aromatic nitrogens is 3. The second-order valence-corrected chi connectivity index (χ2v) is 5.37. The van der Waals surface area contributed by atoms with Crippen LogP contribution in [-0.4, -0.2) is 21.3 Å². The van der Waals surface area contributed by atoms with Gasteiger partial charge in [0.25, 0.3) is 0 Å². The third-order valence-corrected chi connectivity index (χ3v) is 4.38. The molecule has 0 spiro atoms. The van der Waals surface area contributed by atoms with E-state index >= 15 is 0 Å². The SMILES string of the molecule is Cn1ncnc1CNCC1CC2CCC1C2. The average Bonchev–Trinajstić information content (AvgIpc) is 2.96. The van der Waals surface area contributed by atoms with Gasteiger partial charge in [-0.05, 0) is 43.6 Å². The summed E-state index contributed by atoms with van der Waals surface area (Å²) in [5.74, 6) is 4.01. The standard InChI is InChI=1S/C12H20N4/c1-16-12(14-8-15-16)7-13-6-11-5-9-2-3-10(11)4-9/h8-11,13H,2-7H2,1H3. The molecule has 16 heavy (non-hydrogen) atoms. The second-order valence-electron chi connectivity index (χ2n) is 5.37. The summed E-state index contributed by atoms with van der Waals surface area (Å²) in [7, 11) is 1.95. The van der Waals surface area contributed by atoms with Crippen molar-refractivity contribution in [3.63, 3.8) is 0 Å². The van der Waals surface area contributed by atoms with Gasteiger partial charge in [-0.15, -0.1) is 0 Å². The summed E-state index contributed by atoms with van der Waals surface area (Å²) in [5.41, 5.74) is 0. The number of nitrogens with zero attached hydrogens (tertiary/aromatic N) is 3. The lowest BCUT2D eigenvalue weighted by Crippen LogP contribution is -2.27. The van der Waals surface area contributed by atoms with Gasteiger partial charge in [-0.2, -0.15) is 5.10 Å². The largest absolute Gasteiger partial charge is 0.310 e. The second kappa shape index (κ2) is 4.17. The highest BCUT2D eigenvalue weighted by atomic mass is 15.3. The Balaban J connectivity index is 1.46. The summed E-state index contributed by atoms with van der Waals surface area (Å²) in [6.45, 7) is 2.01. The normalized spacial score (nSPS) is 32.4. The van der Waals surface area contributed by atoms with Crippen LogP contribution in [0.3, 0.4) is 0 Å². The molecule has 3 atom stereocenters. The van der Waals surface area contributed by atoms with E-state index in [-0.39, 0.29) is 0 Å². The lowest BCUT2D eigenvalue weighted by Gasteiger charge is -2.21. The molecule has 0 amide bonds. The van der Waals surface area contributed by atoms with Crippen LogP contribution < -0.4 is 5.32 Å². The minimum Gasteiger partial charge on any atom is -0.310 e. The van der Waals surface area contributed by atoms with Crippen LogP contribution in [0, 0.1) is 17.8 Å². The lowest BCUT2D eigenvalue weighted by atomic mass is 9.89. The molecule has 0 aliphatic heterocycles. The van der Waals surface area contributed by atoms with Crippen LogP contribution in [0.25, 0.3) is 0 Å². The third-order valence-electron chi connectivity index (χ3n) is 4.38. The molecule has 4 nitrogen and oxygen atoms in total. The lowest BCUT2D eigenvalue weighted by molar-refractivity contribution is 0.317. The number of rotatable bonds is 4. The van der Waals surface area contributed by atoms with Crippen LogP contribution >= 0.6 is 0 Å². The Bertz CT molecular complexity index is 360. The van der Waals surface area contributed by atoms with Crippen molar-refractivity contribution < 1.29 is 0 Å². The zero-order valence-corrected chi connectivity index (χ0v) is 9.89. The molecule has 1 aromatic heterocycles. The topological polar surface area (TPSA) is 42.7 Å². The highest BCUT2D eigenvalue weighted by Gasteiger charge is 2.38. The van der Waals surface area contributed by atoms with E-state index in [1.54, 1.807) is 6.33 Å². The molecule has 2 aliphatic rings. The molecule has 1 aromatic rings. The molecule has 2 aliphatic carbocycles. The third kappa shape index (κ3) is 1.86. The van der Waals surface area contributed by atoms with Crippen LogP contribution in [0.4, 0.5) is 0 Å². The average molecular weight is 220 g/mol. The number of aryl methyl sites for hydroxylation is 1. The van der Waals surface area contributed by atoms with Gasteiger partial charge in [0.1, 0.15) is 12.2 Å². The van der Waals surface area contributed by atoms with Gasteiger partial charge in [-0.3, -0.25) is 4.68 Å². The Hall–Kier alpha value is -0.900. The van der Waals surface area contributed by atoms with E-state index in [2.05, 4.69) is 15.4 Å². The predicted molar refractivity (Wildman–Crippen MR) is 61.6 cm³/mol. The van der Waals surface area contributed by atoms with Crippen molar-refractivity contribution in [2.45, 2.75) is 32.2 Å². The van der Waals surface area contributed by atoms with Gasteiger partial charge in [-0.1, -0.05) is 6.42 Å². The molecule has 2 saturated carbocycles. The maximum atomic E-state index is 4.22. The predicted octanol–water partition coefficient (Wildman–Crippen LogP) is 1.34. The van der Waals surface area contributed by atoms with E-state index in [1.807, 2.05) is 11.7 Å². The van der Waals surface area contributed by atoms with Crippen molar-refractivity contribution in [2.75, 3.05) is 6.54 Å². The fourth-order valence-electron chi connectivity index (χ4n) is 3.48. The molecule has 0 radical (unpaired) electrons. The smallest absolute Gasteiger partial charge is 0.140 e. The molecule has 0 saturated heterocycles. The fraction of sp³-hybridized carbons (Fsp3) is 0.833. The molecule has 3 rings (SSSR count). The van der Waals surface area contributed by atoms with Gasteiger partial charge >= 0.3 is 0 Å². The maximum absolute atomic E-state index is 4.22. The summed E-state index contributed by atoms with van der Waals surface area (Å²) in [6.07, 6.45) is 7.53. The van der Waals surface area contributed by atoms with Crippen molar-refractivity contribution in [1.29, 1.82) is 0 Å². The van der Waals surface area contributed by atoms with E-state index in [4.69, 9.17) is 0 Å². The first kappa shape index (κ1) is 10.3. The van der Waals surface area contributed by atoms with Crippen LogP contribution in [-0.2, 0) is 13.6 Å². The molecule has 0 aromatic carbocycles. The summed E-state index contributed by atoms with van der Waals surface area (Å²) < 4.78 is 1.84. The number of nitrogens with one attached hydrogen (secondary N) is 1. The molecule has 88 valence electrons. The molecular weight excluding hydrogens is 200 g/mol. The van der Waals surface area contributed by atoms with Crippen LogP contribution in [0.2, 0.25) is 0 Å². The minimum atomic E-state index is 0.852. The van der Waals surface area contributed by atoms with Crippen molar-refractivity contribution in [3.8, 4) is 0 Å². The molecule has 2 bridgehead atoms. The van der Waals surface area contributed by atoms with E-state index in [0.717, 1.165) is 36.7 Å². The number of hydrogen-bond acceptors (Lipinski definition) is 3. The monoisotopic (exact) mass is 220 g/mol. The molecular formula is C12H20N4. The van der Waals surface area contributed by atoms with Crippen molar-refractivity contribution in [1.82, 2.24) is 20.1 Å². The zero-order chi connectivity index (χ0) is 11.0. The van der Waals surface area contributed by atoms with Gasteiger partial charge in [-0.25, -0.2) is 4.98 Å². The van der Waals surface area contributed by atoms with E-state index < -0.39 is 0 Å². The van der Waals surface area contributed by atoms with Crippen molar-refractivity contribution in [3.05, 3.63) is 12.2 Å². The maximum Gasteiger partial charge on any atom is 0.140 e. The molecule has 3 unspecified atom stereocenters. The van der Waals surface area contributed by atoms with Gasteiger partial charge in [0.15, 0.2) is 0 Å². The fourth-order valence-corrected chi connectivity index (χ4v) is 3.48. The van der Waals surface area contributed by atoms with Gasteiger partial charge in [0.05, 0.1) is 6.54 Å². The Morgan fingerprint density at radius 2 is 2.38 bits per heavy atom. The number of fused-ring (bicyclic) bond motifs is 2. The Morgan fingerprint density at radius 1 is 1.44 bits per heavy atom. The summed E-state index contributed by atoms with van der Waals surface area (Å²) in [5, 5.41) is 7.60. The van der Waals surface area contributed by atoms with Gasteiger partial charge in [0.2, 0.25) is 0 Å². The quantitative estimate of drug-likeness (QED) is 0.832. The highest BCUT2D eigenvalue weighted by Crippen LogP contribution is 2.47. The van der Waals surface area contributed by atoms with Crippen molar-refractivity contribution >= 4 is 0 Å². The Morgan fingerprint density at radius 3 is 3.00 bits per heavy atom. The minimum absolute atomic E-state index is 0.852. The summed E-state index contributed by atoms with van der Waals surface area (Å²) in [4.78, 5) is 4.22. The van der Waals surface area contributed by atoms with Gasteiger partial charge in [0, 0.05) is 7.05 Å².